The molecular formula is C11H13NS2. The number of thiophene rings is 2. The summed E-state index contributed by atoms with van der Waals surface area (Å²) in [5, 5.41) is 6.34. The normalized spacial score (nSPS) is 12.9. The van der Waals surface area contributed by atoms with Crippen LogP contribution in [-0.2, 0) is 6.42 Å². The van der Waals surface area contributed by atoms with Crippen LogP contribution in [0, 0.1) is 0 Å². The number of rotatable bonds is 4. The monoisotopic (exact) mass is 223 g/mol. The van der Waals surface area contributed by atoms with Crippen molar-refractivity contribution in [2.45, 2.75) is 18.9 Å². The van der Waals surface area contributed by atoms with Crippen molar-refractivity contribution >= 4 is 22.7 Å². The van der Waals surface area contributed by atoms with Crippen LogP contribution in [0.25, 0.3) is 0 Å². The summed E-state index contributed by atoms with van der Waals surface area (Å²) < 4.78 is 0. The molecule has 2 rings (SSSR count). The maximum absolute atomic E-state index is 6.07. The minimum absolute atomic E-state index is 0.198. The summed E-state index contributed by atoms with van der Waals surface area (Å²) in [4.78, 5) is 1.43. The third kappa shape index (κ3) is 2.44. The molecule has 0 saturated carbocycles. The molecule has 2 N–H and O–H groups in total. The van der Waals surface area contributed by atoms with Gasteiger partial charge in [-0.3, -0.25) is 0 Å². The molecular weight excluding hydrogens is 210 g/mol. The fourth-order valence-electron chi connectivity index (χ4n) is 1.41. The highest BCUT2D eigenvalue weighted by molar-refractivity contribution is 7.09. The van der Waals surface area contributed by atoms with E-state index in [1.165, 1.54) is 10.4 Å². The van der Waals surface area contributed by atoms with Gasteiger partial charge < -0.3 is 5.73 Å². The van der Waals surface area contributed by atoms with Gasteiger partial charge in [-0.25, -0.2) is 0 Å². The van der Waals surface area contributed by atoms with E-state index >= 15 is 0 Å². The van der Waals surface area contributed by atoms with Crippen molar-refractivity contribution in [1.29, 1.82) is 0 Å². The van der Waals surface area contributed by atoms with Crippen LogP contribution >= 0.6 is 22.7 Å². The first kappa shape index (κ1) is 9.90. The molecule has 0 radical (unpaired) electrons. The summed E-state index contributed by atoms with van der Waals surface area (Å²) in [6.07, 6.45) is 2.13. The Balaban J connectivity index is 1.87. The second kappa shape index (κ2) is 4.73. The highest BCUT2D eigenvalue weighted by atomic mass is 32.1. The van der Waals surface area contributed by atoms with Crippen molar-refractivity contribution in [3.05, 3.63) is 44.8 Å². The van der Waals surface area contributed by atoms with Gasteiger partial charge in [0.05, 0.1) is 0 Å². The lowest BCUT2D eigenvalue weighted by Crippen LogP contribution is -2.09. The van der Waals surface area contributed by atoms with E-state index in [1.54, 1.807) is 11.3 Å². The van der Waals surface area contributed by atoms with Crippen LogP contribution in [0.3, 0.4) is 0 Å². The van der Waals surface area contributed by atoms with Crippen LogP contribution in [-0.4, -0.2) is 0 Å². The number of nitrogens with two attached hydrogens (primary N) is 1. The van der Waals surface area contributed by atoms with Crippen molar-refractivity contribution in [2.24, 2.45) is 5.73 Å². The molecule has 0 saturated heterocycles. The fourth-order valence-corrected chi connectivity index (χ4v) is 2.85. The number of hydrogen-bond acceptors (Lipinski definition) is 3. The average Bonchev–Trinajstić information content (AvgIpc) is 2.87. The molecule has 74 valence electrons. The Morgan fingerprint density at radius 1 is 1.29 bits per heavy atom. The van der Waals surface area contributed by atoms with Gasteiger partial charge in [-0.05, 0) is 46.7 Å². The van der Waals surface area contributed by atoms with Crippen molar-refractivity contribution in [3.8, 4) is 0 Å². The molecule has 0 aromatic carbocycles. The Morgan fingerprint density at radius 3 is 2.86 bits per heavy atom. The molecule has 0 amide bonds. The Morgan fingerprint density at radius 2 is 2.21 bits per heavy atom. The minimum Gasteiger partial charge on any atom is -0.324 e. The van der Waals surface area contributed by atoms with E-state index in [9.17, 15) is 0 Å². The molecule has 2 heterocycles. The standard InChI is InChI=1S/C11H13NS2/c12-11(9-5-7-13-8-9)4-3-10-2-1-6-14-10/h1-2,5-8,11H,3-4,12H2. The lowest BCUT2D eigenvalue weighted by Gasteiger charge is -2.08. The third-order valence-corrected chi connectivity index (χ3v) is 3.89. The minimum atomic E-state index is 0.198. The molecule has 0 spiro atoms. The SMILES string of the molecule is NC(CCc1cccs1)c1ccsc1. The van der Waals surface area contributed by atoms with Gasteiger partial charge in [-0.1, -0.05) is 6.07 Å². The molecule has 0 aliphatic carbocycles. The third-order valence-electron chi connectivity index (χ3n) is 2.25. The van der Waals surface area contributed by atoms with Crippen molar-refractivity contribution in [1.82, 2.24) is 0 Å². The second-order valence-electron chi connectivity index (χ2n) is 3.28. The zero-order valence-electron chi connectivity index (χ0n) is 7.85. The fraction of sp³-hybridized carbons (Fsp3) is 0.273. The maximum atomic E-state index is 6.07. The van der Waals surface area contributed by atoms with Gasteiger partial charge in [0.15, 0.2) is 0 Å². The van der Waals surface area contributed by atoms with E-state index in [0.29, 0.717) is 0 Å². The molecule has 0 bridgehead atoms. The topological polar surface area (TPSA) is 26.0 Å². The summed E-state index contributed by atoms with van der Waals surface area (Å²) in [5.41, 5.74) is 7.34. The van der Waals surface area contributed by atoms with E-state index in [-0.39, 0.29) is 6.04 Å². The predicted molar refractivity (Wildman–Crippen MR) is 63.9 cm³/mol. The lowest BCUT2D eigenvalue weighted by atomic mass is 10.1. The van der Waals surface area contributed by atoms with E-state index in [4.69, 9.17) is 5.73 Å². The van der Waals surface area contributed by atoms with Gasteiger partial charge in [0.25, 0.3) is 0 Å². The molecule has 2 aromatic heterocycles. The molecule has 14 heavy (non-hydrogen) atoms. The number of aryl methyl sites for hydroxylation is 1. The van der Waals surface area contributed by atoms with Gasteiger partial charge in [0.2, 0.25) is 0 Å². The van der Waals surface area contributed by atoms with Gasteiger partial charge >= 0.3 is 0 Å². The van der Waals surface area contributed by atoms with Crippen LogP contribution in [0.4, 0.5) is 0 Å². The van der Waals surface area contributed by atoms with Crippen molar-refractivity contribution in [2.75, 3.05) is 0 Å². The van der Waals surface area contributed by atoms with Crippen LogP contribution in [0.1, 0.15) is 22.9 Å². The van der Waals surface area contributed by atoms with Crippen LogP contribution in [0.2, 0.25) is 0 Å². The highest BCUT2D eigenvalue weighted by Gasteiger charge is 2.06. The Hall–Kier alpha value is -0.640. The first-order valence-electron chi connectivity index (χ1n) is 4.66. The molecule has 0 aliphatic rings. The Bertz CT molecular complexity index is 351. The quantitative estimate of drug-likeness (QED) is 0.844. The van der Waals surface area contributed by atoms with Gasteiger partial charge in [0.1, 0.15) is 0 Å². The zero-order valence-corrected chi connectivity index (χ0v) is 9.48. The zero-order chi connectivity index (χ0) is 9.80. The van der Waals surface area contributed by atoms with Crippen molar-refractivity contribution in [3.63, 3.8) is 0 Å². The largest absolute Gasteiger partial charge is 0.324 e. The Kier molecular flexibility index (Phi) is 3.35. The number of hydrogen-bond donors (Lipinski definition) is 1. The molecule has 1 atom stereocenters. The van der Waals surface area contributed by atoms with Crippen LogP contribution < -0.4 is 5.73 Å². The molecule has 2 aromatic rings. The Labute approximate surface area is 92.2 Å². The lowest BCUT2D eigenvalue weighted by molar-refractivity contribution is 0.657. The first-order chi connectivity index (χ1) is 6.86. The molecule has 1 nitrogen and oxygen atoms in total. The molecule has 3 heteroatoms. The van der Waals surface area contributed by atoms with Gasteiger partial charge in [-0.15, -0.1) is 11.3 Å². The summed E-state index contributed by atoms with van der Waals surface area (Å²) in [6, 6.07) is 6.58. The van der Waals surface area contributed by atoms with E-state index in [0.717, 1.165) is 12.8 Å². The summed E-state index contributed by atoms with van der Waals surface area (Å²) in [7, 11) is 0. The van der Waals surface area contributed by atoms with Crippen molar-refractivity contribution < 1.29 is 0 Å². The molecule has 0 aliphatic heterocycles. The van der Waals surface area contributed by atoms with Crippen LogP contribution in [0.5, 0.6) is 0 Å². The van der Waals surface area contributed by atoms with Gasteiger partial charge in [-0.2, -0.15) is 11.3 Å². The summed E-state index contributed by atoms with van der Waals surface area (Å²) in [6.45, 7) is 0. The van der Waals surface area contributed by atoms with E-state index < -0.39 is 0 Å². The van der Waals surface area contributed by atoms with Gasteiger partial charge in [0, 0.05) is 10.9 Å². The smallest absolute Gasteiger partial charge is 0.0306 e. The average molecular weight is 223 g/mol. The maximum Gasteiger partial charge on any atom is 0.0306 e. The molecule has 1 unspecified atom stereocenters. The highest BCUT2D eigenvalue weighted by Crippen LogP contribution is 2.20. The molecule has 0 fully saturated rings. The predicted octanol–water partition coefficient (Wildman–Crippen LogP) is 3.44. The van der Waals surface area contributed by atoms with E-state index in [1.807, 2.05) is 11.3 Å². The summed E-state index contributed by atoms with van der Waals surface area (Å²) >= 11 is 3.52. The van der Waals surface area contributed by atoms with Crippen LogP contribution in [0.15, 0.2) is 34.3 Å². The van der Waals surface area contributed by atoms with E-state index in [2.05, 4.69) is 34.3 Å². The summed E-state index contributed by atoms with van der Waals surface area (Å²) in [5.74, 6) is 0. The first-order valence-corrected chi connectivity index (χ1v) is 6.48. The second-order valence-corrected chi connectivity index (χ2v) is 5.09.